The first-order valence-electron chi connectivity index (χ1n) is 7.71. The molecule has 2 aliphatic carbocycles. The zero-order chi connectivity index (χ0) is 14.1. The first-order chi connectivity index (χ1) is 9.69. The Morgan fingerprint density at radius 2 is 2.30 bits per heavy atom. The van der Waals surface area contributed by atoms with Gasteiger partial charge in [0.15, 0.2) is 0 Å². The van der Waals surface area contributed by atoms with Gasteiger partial charge in [0.1, 0.15) is 11.6 Å². The lowest BCUT2D eigenvalue weighted by Gasteiger charge is -2.21. The number of rotatable bonds is 4. The molecule has 0 amide bonds. The van der Waals surface area contributed by atoms with E-state index >= 15 is 0 Å². The highest BCUT2D eigenvalue weighted by molar-refractivity contribution is 5.87. The third-order valence-electron chi connectivity index (χ3n) is 4.73. The van der Waals surface area contributed by atoms with Crippen molar-refractivity contribution in [2.24, 2.45) is 17.8 Å². The van der Waals surface area contributed by atoms with Crippen molar-refractivity contribution in [3.8, 4) is 0 Å². The molecule has 0 radical (unpaired) electrons. The molecule has 0 aromatic carbocycles. The van der Waals surface area contributed by atoms with Gasteiger partial charge >= 0.3 is 0 Å². The Morgan fingerprint density at radius 1 is 1.45 bits per heavy atom. The summed E-state index contributed by atoms with van der Waals surface area (Å²) in [7, 11) is 0. The van der Waals surface area contributed by atoms with Crippen LogP contribution in [0.5, 0.6) is 0 Å². The molecule has 3 rings (SSSR count). The van der Waals surface area contributed by atoms with E-state index in [0.29, 0.717) is 17.6 Å². The molecule has 3 unspecified atom stereocenters. The molecule has 3 heteroatoms. The molecule has 1 fully saturated rings. The van der Waals surface area contributed by atoms with Crippen LogP contribution in [0.25, 0.3) is 5.57 Å². The van der Waals surface area contributed by atoms with E-state index in [1.807, 2.05) is 19.2 Å². The van der Waals surface area contributed by atoms with E-state index in [0.717, 1.165) is 43.6 Å². The molecule has 0 N–H and O–H groups in total. The molecular formula is C17H22N2O. The minimum Gasteiger partial charge on any atom is -0.299 e. The minimum atomic E-state index is 0.253. The maximum Gasteiger partial charge on any atom is 0.139 e. The van der Waals surface area contributed by atoms with Gasteiger partial charge in [-0.05, 0) is 50.2 Å². The minimum absolute atomic E-state index is 0.253. The van der Waals surface area contributed by atoms with Crippen LogP contribution in [0.15, 0.2) is 18.3 Å². The van der Waals surface area contributed by atoms with E-state index in [-0.39, 0.29) is 5.92 Å². The van der Waals surface area contributed by atoms with Crippen molar-refractivity contribution < 1.29 is 4.79 Å². The Bertz CT molecular complexity index is 550. The number of ketones is 1. The molecule has 0 aliphatic heterocycles. The first kappa shape index (κ1) is 13.5. The van der Waals surface area contributed by atoms with Crippen LogP contribution in [-0.4, -0.2) is 15.8 Å². The Labute approximate surface area is 120 Å². The average molecular weight is 270 g/mol. The quantitative estimate of drug-likeness (QED) is 0.839. The van der Waals surface area contributed by atoms with E-state index in [4.69, 9.17) is 0 Å². The average Bonchev–Trinajstić information content (AvgIpc) is 3.26. The SMILES string of the molecule is CCC1CC1C(=O)C1CC=C(c2ccnc(C)n2)CC1. The van der Waals surface area contributed by atoms with Crippen LogP contribution in [0.3, 0.4) is 0 Å². The van der Waals surface area contributed by atoms with E-state index in [9.17, 15) is 4.79 Å². The second-order valence-corrected chi connectivity index (χ2v) is 6.10. The number of aryl methyl sites for hydroxylation is 1. The molecule has 20 heavy (non-hydrogen) atoms. The van der Waals surface area contributed by atoms with Gasteiger partial charge in [-0.25, -0.2) is 9.97 Å². The van der Waals surface area contributed by atoms with Crippen LogP contribution in [-0.2, 0) is 4.79 Å². The zero-order valence-corrected chi connectivity index (χ0v) is 12.3. The third kappa shape index (κ3) is 2.67. The van der Waals surface area contributed by atoms with Crippen molar-refractivity contribution in [1.29, 1.82) is 0 Å². The van der Waals surface area contributed by atoms with Crippen molar-refractivity contribution >= 4 is 11.4 Å². The number of carbonyl (C=O) groups excluding carboxylic acids is 1. The second kappa shape index (κ2) is 5.47. The molecule has 3 atom stereocenters. The summed E-state index contributed by atoms with van der Waals surface area (Å²) in [6.45, 7) is 4.10. The number of nitrogens with zero attached hydrogens (tertiary/aromatic N) is 2. The van der Waals surface area contributed by atoms with E-state index in [1.54, 1.807) is 0 Å². The van der Waals surface area contributed by atoms with Gasteiger partial charge in [-0.1, -0.05) is 19.4 Å². The van der Waals surface area contributed by atoms with Gasteiger partial charge in [-0.15, -0.1) is 0 Å². The van der Waals surface area contributed by atoms with Gasteiger partial charge < -0.3 is 0 Å². The van der Waals surface area contributed by atoms with Crippen LogP contribution in [0, 0.1) is 24.7 Å². The largest absolute Gasteiger partial charge is 0.299 e. The molecular weight excluding hydrogens is 248 g/mol. The standard InChI is InChI=1S/C17H22N2O/c1-3-12-10-15(12)17(20)14-6-4-13(5-7-14)16-8-9-18-11(2)19-16/h4,8-9,12,14-15H,3,5-7,10H2,1-2H3. The van der Waals surface area contributed by atoms with Crippen LogP contribution in [0.4, 0.5) is 0 Å². The van der Waals surface area contributed by atoms with E-state index in [2.05, 4.69) is 23.0 Å². The molecule has 106 valence electrons. The lowest BCUT2D eigenvalue weighted by Crippen LogP contribution is -2.19. The van der Waals surface area contributed by atoms with Crippen molar-refractivity contribution in [3.63, 3.8) is 0 Å². The maximum atomic E-state index is 12.4. The van der Waals surface area contributed by atoms with Crippen molar-refractivity contribution in [3.05, 3.63) is 29.9 Å². The molecule has 1 aromatic heterocycles. The Hall–Kier alpha value is -1.51. The lowest BCUT2D eigenvalue weighted by atomic mass is 9.84. The zero-order valence-electron chi connectivity index (χ0n) is 12.3. The van der Waals surface area contributed by atoms with Crippen LogP contribution in [0.2, 0.25) is 0 Å². The molecule has 1 aromatic rings. The predicted octanol–water partition coefficient (Wildman–Crippen LogP) is 3.58. The Balaban J connectivity index is 1.65. The summed E-state index contributed by atoms with van der Waals surface area (Å²) >= 11 is 0. The monoisotopic (exact) mass is 270 g/mol. The maximum absolute atomic E-state index is 12.4. The number of allylic oxidation sites excluding steroid dienone is 2. The van der Waals surface area contributed by atoms with Crippen LogP contribution < -0.4 is 0 Å². The molecule has 2 aliphatic rings. The highest BCUT2D eigenvalue weighted by Gasteiger charge is 2.43. The van der Waals surface area contributed by atoms with Crippen molar-refractivity contribution in [2.75, 3.05) is 0 Å². The highest BCUT2D eigenvalue weighted by atomic mass is 16.1. The molecule has 0 bridgehead atoms. The highest BCUT2D eigenvalue weighted by Crippen LogP contribution is 2.45. The van der Waals surface area contributed by atoms with Gasteiger partial charge in [-0.2, -0.15) is 0 Å². The first-order valence-corrected chi connectivity index (χ1v) is 7.71. The third-order valence-corrected chi connectivity index (χ3v) is 4.73. The van der Waals surface area contributed by atoms with Crippen LogP contribution in [0.1, 0.15) is 50.5 Å². The molecule has 3 nitrogen and oxygen atoms in total. The summed E-state index contributed by atoms with van der Waals surface area (Å²) in [5.74, 6) is 2.64. The second-order valence-electron chi connectivity index (χ2n) is 6.10. The summed E-state index contributed by atoms with van der Waals surface area (Å²) in [6, 6.07) is 1.97. The predicted molar refractivity (Wildman–Crippen MR) is 79.0 cm³/mol. The lowest BCUT2D eigenvalue weighted by molar-refractivity contribution is -0.124. The van der Waals surface area contributed by atoms with E-state index in [1.165, 1.54) is 5.57 Å². The number of carbonyl (C=O) groups is 1. The summed E-state index contributed by atoms with van der Waals surface area (Å²) in [5.41, 5.74) is 2.31. The topological polar surface area (TPSA) is 42.9 Å². The summed E-state index contributed by atoms with van der Waals surface area (Å²) in [4.78, 5) is 21.0. The fourth-order valence-electron chi connectivity index (χ4n) is 3.31. The number of hydrogen-bond acceptors (Lipinski definition) is 3. The van der Waals surface area contributed by atoms with Crippen LogP contribution >= 0.6 is 0 Å². The Kier molecular flexibility index (Phi) is 3.68. The fraction of sp³-hybridized carbons (Fsp3) is 0.588. The van der Waals surface area contributed by atoms with Gasteiger partial charge in [0.25, 0.3) is 0 Å². The molecule has 0 spiro atoms. The molecule has 0 saturated heterocycles. The normalized spacial score (nSPS) is 28.9. The number of hydrogen-bond donors (Lipinski definition) is 0. The van der Waals surface area contributed by atoms with Gasteiger partial charge in [0.05, 0.1) is 5.69 Å². The van der Waals surface area contributed by atoms with E-state index < -0.39 is 0 Å². The van der Waals surface area contributed by atoms with Crippen molar-refractivity contribution in [2.45, 2.75) is 46.0 Å². The number of Topliss-reactive ketones (excluding diaryl/α,β-unsaturated/α-hetero) is 1. The van der Waals surface area contributed by atoms with Gasteiger partial charge in [-0.3, -0.25) is 4.79 Å². The van der Waals surface area contributed by atoms with Gasteiger partial charge in [0, 0.05) is 18.0 Å². The fourth-order valence-corrected chi connectivity index (χ4v) is 3.31. The summed E-state index contributed by atoms with van der Waals surface area (Å²) in [6.07, 6.45) is 9.17. The smallest absolute Gasteiger partial charge is 0.139 e. The number of aromatic nitrogens is 2. The molecule has 1 heterocycles. The molecule has 1 saturated carbocycles. The summed E-state index contributed by atoms with van der Waals surface area (Å²) < 4.78 is 0. The van der Waals surface area contributed by atoms with Gasteiger partial charge in [0.2, 0.25) is 0 Å². The summed E-state index contributed by atoms with van der Waals surface area (Å²) in [5, 5.41) is 0. The Morgan fingerprint density at radius 3 is 2.90 bits per heavy atom. The van der Waals surface area contributed by atoms with Crippen molar-refractivity contribution in [1.82, 2.24) is 9.97 Å².